The van der Waals surface area contributed by atoms with E-state index in [4.69, 9.17) is 16.9 Å². The third kappa shape index (κ3) is 4.33. The molecule has 0 spiro atoms. The molecule has 2 N–H and O–H groups in total. The molecule has 0 aliphatic heterocycles. The van der Waals surface area contributed by atoms with Crippen LogP contribution in [0.15, 0.2) is 18.2 Å². The van der Waals surface area contributed by atoms with Crippen molar-refractivity contribution in [2.75, 3.05) is 5.32 Å². The molecule has 4 nitrogen and oxygen atoms in total. The number of nitrogens with one attached hydrogen (secondary N) is 2. The summed E-state index contributed by atoms with van der Waals surface area (Å²) in [7, 11) is 0. The van der Waals surface area contributed by atoms with E-state index in [2.05, 4.69) is 10.6 Å². The summed E-state index contributed by atoms with van der Waals surface area (Å²) in [6, 6.07) is 6.39. The molecule has 1 aromatic carbocycles. The molecule has 0 aliphatic rings. The summed E-state index contributed by atoms with van der Waals surface area (Å²) in [6.45, 7) is 5.66. The molecular weight excluding hydrogens is 238 g/mol. The number of urea groups is 1. The van der Waals surface area contributed by atoms with Crippen LogP contribution in [-0.2, 0) is 0 Å². The van der Waals surface area contributed by atoms with Crippen molar-refractivity contribution in [2.45, 2.75) is 26.3 Å². The van der Waals surface area contributed by atoms with E-state index < -0.39 is 0 Å². The van der Waals surface area contributed by atoms with Crippen molar-refractivity contribution in [3.05, 3.63) is 28.8 Å². The number of hydrogen-bond acceptors (Lipinski definition) is 2. The monoisotopic (exact) mass is 251 g/mol. The quantitative estimate of drug-likeness (QED) is 0.805. The van der Waals surface area contributed by atoms with Crippen LogP contribution in [0.4, 0.5) is 10.5 Å². The van der Waals surface area contributed by atoms with Gasteiger partial charge in [0, 0.05) is 11.2 Å². The van der Waals surface area contributed by atoms with Gasteiger partial charge in [-0.05, 0) is 39.0 Å². The minimum Gasteiger partial charge on any atom is -0.333 e. The molecule has 1 aromatic rings. The maximum Gasteiger partial charge on any atom is 0.319 e. The van der Waals surface area contributed by atoms with Crippen molar-refractivity contribution >= 4 is 23.3 Å². The zero-order valence-corrected chi connectivity index (χ0v) is 10.7. The topological polar surface area (TPSA) is 64.9 Å². The van der Waals surface area contributed by atoms with E-state index in [-0.39, 0.29) is 11.6 Å². The minimum atomic E-state index is -0.307. The van der Waals surface area contributed by atoms with Crippen LogP contribution >= 0.6 is 11.6 Å². The average molecular weight is 252 g/mol. The number of amides is 2. The van der Waals surface area contributed by atoms with Gasteiger partial charge in [-0.25, -0.2) is 4.79 Å². The van der Waals surface area contributed by atoms with E-state index >= 15 is 0 Å². The Kier molecular flexibility index (Phi) is 3.97. The van der Waals surface area contributed by atoms with Gasteiger partial charge >= 0.3 is 6.03 Å². The third-order valence-corrected chi connectivity index (χ3v) is 2.15. The van der Waals surface area contributed by atoms with Crippen molar-refractivity contribution in [3.8, 4) is 6.07 Å². The first kappa shape index (κ1) is 13.3. The maximum absolute atomic E-state index is 11.6. The van der Waals surface area contributed by atoms with Crippen LogP contribution in [0.5, 0.6) is 0 Å². The smallest absolute Gasteiger partial charge is 0.319 e. The summed E-state index contributed by atoms with van der Waals surface area (Å²) >= 11 is 5.85. The standard InChI is InChI=1S/C12H14ClN3O/c1-12(2,3)16-11(17)15-9-5-4-8(7-14)10(13)6-9/h4-6H,1-3H3,(H2,15,16,17). The maximum atomic E-state index is 11.6. The zero-order valence-electron chi connectivity index (χ0n) is 9.97. The van der Waals surface area contributed by atoms with Gasteiger partial charge in [-0.3, -0.25) is 0 Å². The predicted octanol–water partition coefficient (Wildman–Crippen LogP) is 3.13. The number of carbonyl (C=O) groups is 1. The summed E-state index contributed by atoms with van der Waals surface area (Å²) in [6.07, 6.45) is 0. The van der Waals surface area contributed by atoms with E-state index in [1.54, 1.807) is 18.2 Å². The van der Waals surface area contributed by atoms with Crippen LogP contribution in [0.25, 0.3) is 0 Å². The molecule has 0 bridgehead atoms. The van der Waals surface area contributed by atoms with Crippen molar-refractivity contribution in [2.24, 2.45) is 0 Å². The highest BCUT2D eigenvalue weighted by Gasteiger charge is 2.13. The van der Waals surface area contributed by atoms with Crippen LogP contribution in [0.3, 0.4) is 0 Å². The summed E-state index contributed by atoms with van der Waals surface area (Å²) < 4.78 is 0. The Hall–Kier alpha value is -1.73. The number of halogens is 1. The Morgan fingerprint density at radius 3 is 2.53 bits per heavy atom. The first-order valence-corrected chi connectivity index (χ1v) is 5.48. The molecule has 1 rings (SSSR count). The summed E-state index contributed by atoms with van der Waals surface area (Å²) in [5, 5.41) is 14.4. The highest BCUT2D eigenvalue weighted by Crippen LogP contribution is 2.20. The molecule has 0 atom stereocenters. The fraction of sp³-hybridized carbons (Fsp3) is 0.333. The summed E-state index contributed by atoms with van der Waals surface area (Å²) in [5.41, 5.74) is 0.629. The molecule has 0 aliphatic carbocycles. The molecule has 2 amide bonds. The number of nitrogens with zero attached hydrogens (tertiary/aromatic N) is 1. The molecule has 17 heavy (non-hydrogen) atoms. The number of hydrogen-bond donors (Lipinski definition) is 2. The average Bonchev–Trinajstić information content (AvgIpc) is 2.14. The Morgan fingerprint density at radius 1 is 1.41 bits per heavy atom. The molecule has 0 aromatic heterocycles. The number of benzene rings is 1. The summed E-state index contributed by atoms with van der Waals surface area (Å²) in [4.78, 5) is 11.6. The lowest BCUT2D eigenvalue weighted by atomic mass is 10.1. The minimum absolute atomic E-state index is 0.305. The van der Waals surface area contributed by atoms with Crippen LogP contribution < -0.4 is 10.6 Å². The van der Waals surface area contributed by atoms with Gasteiger partial charge in [-0.2, -0.15) is 5.26 Å². The van der Waals surface area contributed by atoms with Crippen molar-refractivity contribution < 1.29 is 4.79 Å². The molecular formula is C12H14ClN3O. The fourth-order valence-corrected chi connectivity index (χ4v) is 1.41. The van der Waals surface area contributed by atoms with Gasteiger partial charge in [0.05, 0.1) is 10.6 Å². The van der Waals surface area contributed by atoms with Gasteiger partial charge in [0.15, 0.2) is 0 Å². The number of anilines is 1. The largest absolute Gasteiger partial charge is 0.333 e. The zero-order chi connectivity index (χ0) is 13.1. The second-order valence-corrected chi connectivity index (χ2v) is 5.04. The van der Waals surface area contributed by atoms with E-state index in [9.17, 15) is 4.79 Å². The van der Waals surface area contributed by atoms with Crippen LogP contribution in [-0.4, -0.2) is 11.6 Å². The van der Waals surface area contributed by atoms with Crippen LogP contribution in [0, 0.1) is 11.3 Å². The Bertz CT molecular complexity index is 472. The third-order valence-electron chi connectivity index (χ3n) is 1.84. The predicted molar refractivity (Wildman–Crippen MR) is 68.1 cm³/mol. The van der Waals surface area contributed by atoms with Gasteiger partial charge in [0.2, 0.25) is 0 Å². The van der Waals surface area contributed by atoms with E-state index in [1.165, 1.54) is 0 Å². The molecule has 0 radical (unpaired) electrons. The number of nitriles is 1. The lowest BCUT2D eigenvalue weighted by Gasteiger charge is -2.20. The molecule has 90 valence electrons. The van der Waals surface area contributed by atoms with Gasteiger partial charge in [0.25, 0.3) is 0 Å². The van der Waals surface area contributed by atoms with Gasteiger partial charge < -0.3 is 10.6 Å². The molecule has 0 saturated carbocycles. The molecule has 0 fully saturated rings. The van der Waals surface area contributed by atoms with Crippen molar-refractivity contribution in [1.82, 2.24) is 5.32 Å². The van der Waals surface area contributed by atoms with E-state index in [0.717, 1.165) is 0 Å². The van der Waals surface area contributed by atoms with Crippen LogP contribution in [0.2, 0.25) is 5.02 Å². The number of rotatable bonds is 1. The second kappa shape index (κ2) is 5.07. The van der Waals surface area contributed by atoms with Crippen molar-refractivity contribution in [3.63, 3.8) is 0 Å². The summed E-state index contributed by atoms with van der Waals surface area (Å²) in [5.74, 6) is 0. The van der Waals surface area contributed by atoms with Gasteiger partial charge in [-0.1, -0.05) is 11.6 Å². The first-order chi connectivity index (χ1) is 7.81. The molecule has 0 saturated heterocycles. The van der Waals surface area contributed by atoms with E-state index in [0.29, 0.717) is 16.3 Å². The van der Waals surface area contributed by atoms with E-state index in [1.807, 2.05) is 26.8 Å². The lowest BCUT2D eigenvalue weighted by molar-refractivity contribution is 0.244. The Balaban J connectivity index is 2.74. The molecule has 0 heterocycles. The lowest BCUT2D eigenvalue weighted by Crippen LogP contribution is -2.43. The second-order valence-electron chi connectivity index (χ2n) is 4.64. The number of carbonyl (C=O) groups excluding carboxylic acids is 1. The SMILES string of the molecule is CC(C)(C)NC(=O)Nc1ccc(C#N)c(Cl)c1. The molecule has 5 heteroatoms. The first-order valence-electron chi connectivity index (χ1n) is 5.10. The van der Waals surface area contributed by atoms with Gasteiger partial charge in [0.1, 0.15) is 6.07 Å². The normalized spacial score (nSPS) is 10.5. The van der Waals surface area contributed by atoms with Crippen molar-refractivity contribution in [1.29, 1.82) is 5.26 Å². The molecule has 0 unspecified atom stereocenters. The van der Waals surface area contributed by atoms with Gasteiger partial charge in [-0.15, -0.1) is 0 Å². The fourth-order valence-electron chi connectivity index (χ4n) is 1.19. The highest BCUT2D eigenvalue weighted by molar-refractivity contribution is 6.32. The Labute approximate surface area is 106 Å². The highest BCUT2D eigenvalue weighted by atomic mass is 35.5. The Morgan fingerprint density at radius 2 is 2.06 bits per heavy atom. The van der Waals surface area contributed by atoms with Crippen LogP contribution in [0.1, 0.15) is 26.3 Å².